The van der Waals surface area contributed by atoms with E-state index in [-0.39, 0.29) is 18.6 Å². The van der Waals surface area contributed by atoms with Crippen LogP contribution in [0.25, 0.3) is 5.69 Å². The van der Waals surface area contributed by atoms with Crippen molar-refractivity contribution in [2.45, 2.75) is 19.4 Å². The average molecular weight is 335 g/mol. The van der Waals surface area contributed by atoms with Crippen molar-refractivity contribution in [3.63, 3.8) is 0 Å². The van der Waals surface area contributed by atoms with Crippen LogP contribution in [0, 0.1) is 6.92 Å². The Balaban J connectivity index is 1.82. The van der Waals surface area contributed by atoms with E-state index in [2.05, 4.69) is 10.4 Å². The Labute approximate surface area is 146 Å². The SMILES string of the molecule is Cc1nn(-c2ccccc2)cc1C(=O)NC(CCO)c1ccccc1. The van der Waals surface area contributed by atoms with Gasteiger partial charge in [-0.3, -0.25) is 4.79 Å². The largest absolute Gasteiger partial charge is 0.396 e. The summed E-state index contributed by atoms with van der Waals surface area (Å²) in [6, 6.07) is 19.1. The molecule has 0 aliphatic rings. The summed E-state index contributed by atoms with van der Waals surface area (Å²) in [6.07, 6.45) is 2.20. The Morgan fingerprint density at radius 1 is 1.12 bits per heavy atom. The Morgan fingerprint density at radius 3 is 2.40 bits per heavy atom. The number of aliphatic hydroxyl groups is 1. The molecule has 0 saturated carbocycles. The summed E-state index contributed by atoms with van der Waals surface area (Å²) >= 11 is 0. The van der Waals surface area contributed by atoms with Gasteiger partial charge in [0.05, 0.1) is 23.0 Å². The Morgan fingerprint density at radius 2 is 1.76 bits per heavy atom. The first kappa shape index (κ1) is 16.9. The lowest BCUT2D eigenvalue weighted by Crippen LogP contribution is -2.29. The minimum atomic E-state index is -0.238. The zero-order valence-electron chi connectivity index (χ0n) is 14.1. The molecule has 0 spiro atoms. The lowest BCUT2D eigenvalue weighted by molar-refractivity contribution is 0.0929. The van der Waals surface area contributed by atoms with Gasteiger partial charge in [-0.2, -0.15) is 5.10 Å². The zero-order chi connectivity index (χ0) is 17.6. The summed E-state index contributed by atoms with van der Waals surface area (Å²) in [5.74, 6) is -0.193. The maximum absolute atomic E-state index is 12.7. The highest BCUT2D eigenvalue weighted by molar-refractivity contribution is 5.95. The van der Waals surface area contributed by atoms with Crippen LogP contribution >= 0.6 is 0 Å². The van der Waals surface area contributed by atoms with Crippen molar-refractivity contribution in [3.8, 4) is 5.69 Å². The van der Waals surface area contributed by atoms with Gasteiger partial charge in [0.1, 0.15) is 0 Å². The van der Waals surface area contributed by atoms with E-state index in [4.69, 9.17) is 0 Å². The van der Waals surface area contributed by atoms with Crippen LogP contribution < -0.4 is 5.32 Å². The normalized spacial score (nSPS) is 11.9. The third kappa shape index (κ3) is 3.95. The number of carbonyl (C=O) groups is 1. The van der Waals surface area contributed by atoms with Gasteiger partial charge in [-0.25, -0.2) is 4.68 Å². The molecule has 1 aromatic heterocycles. The number of nitrogens with one attached hydrogen (secondary N) is 1. The fraction of sp³-hybridized carbons (Fsp3) is 0.200. The Bertz CT molecular complexity index is 829. The minimum absolute atomic E-state index is 0.00208. The van der Waals surface area contributed by atoms with E-state index in [1.807, 2.05) is 67.6 Å². The second kappa shape index (κ2) is 7.77. The van der Waals surface area contributed by atoms with Gasteiger partial charge in [-0.1, -0.05) is 48.5 Å². The number of benzene rings is 2. The maximum Gasteiger partial charge on any atom is 0.255 e. The van der Waals surface area contributed by atoms with E-state index in [1.165, 1.54) is 0 Å². The summed E-state index contributed by atoms with van der Waals surface area (Å²) in [4.78, 5) is 12.7. The van der Waals surface area contributed by atoms with E-state index in [0.717, 1.165) is 11.3 Å². The van der Waals surface area contributed by atoms with Crippen LogP contribution in [0.3, 0.4) is 0 Å². The number of amides is 1. The van der Waals surface area contributed by atoms with Crippen LogP contribution in [0.5, 0.6) is 0 Å². The molecule has 3 rings (SSSR count). The average Bonchev–Trinajstić information content (AvgIpc) is 3.05. The second-order valence-electron chi connectivity index (χ2n) is 5.86. The van der Waals surface area contributed by atoms with Gasteiger partial charge in [0.15, 0.2) is 0 Å². The molecule has 0 aliphatic heterocycles. The monoisotopic (exact) mass is 335 g/mol. The van der Waals surface area contributed by atoms with Gasteiger partial charge in [0, 0.05) is 12.8 Å². The molecule has 3 aromatic rings. The number of aryl methyl sites for hydroxylation is 1. The summed E-state index contributed by atoms with van der Waals surface area (Å²) in [5.41, 5.74) is 3.07. The predicted molar refractivity (Wildman–Crippen MR) is 96.7 cm³/mol. The second-order valence-corrected chi connectivity index (χ2v) is 5.86. The van der Waals surface area contributed by atoms with Crippen LogP contribution in [-0.4, -0.2) is 27.4 Å². The summed E-state index contributed by atoms with van der Waals surface area (Å²) in [7, 11) is 0. The highest BCUT2D eigenvalue weighted by atomic mass is 16.3. The molecule has 128 valence electrons. The molecule has 1 atom stereocenters. The van der Waals surface area contributed by atoms with E-state index < -0.39 is 0 Å². The van der Waals surface area contributed by atoms with Crippen LogP contribution in [0.15, 0.2) is 66.9 Å². The van der Waals surface area contributed by atoms with Crippen LogP contribution in [-0.2, 0) is 0 Å². The van der Waals surface area contributed by atoms with E-state index >= 15 is 0 Å². The number of aliphatic hydroxyl groups excluding tert-OH is 1. The Kier molecular flexibility index (Phi) is 5.26. The van der Waals surface area contributed by atoms with E-state index in [0.29, 0.717) is 17.7 Å². The van der Waals surface area contributed by atoms with Gasteiger partial charge < -0.3 is 10.4 Å². The van der Waals surface area contributed by atoms with Gasteiger partial charge in [-0.05, 0) is 31.0 Å². The molecular formula is C20H21N3O2. The van der Waals surface area contributed by atoms with Crippen molar-refractivity contribution in [1.82, 2.24) is 15.1 Å². The van der Waals surface area contributed by atoms with Crippen LogP contribution in [0.4, 0.5) is 0 Å². The number of nitrogens with zero attached hydrogens (tertiary/aromatic N) is 2. The molecule has 1 unspecified atom stereocenters. The van der Waals surface area contributed by atoms with E-state index in [9.17, 15) is 9.90 Å². The molecule has 2 aromatic carbocycles. The predicted octanol–water partition coefficient (Wildman–Crippen LogP) is 3.03. The number of rotatable bonds is 6. The molecule has 0 radical (unpaired) electrons. The van der Waals surface area contributed by atoms with Crippen molar-refractivity contribution < 1.29 is 9.90 Å². The van der Waals surface area contributed by atoms with Gasteiger partial charge in [0.2, 0.25) is 0 Å². The first-order chi connectivity index (χ1) is 12.2. The molecule has 25 heavy (non-hydrogen) atoms. The highest BCUT2D eigenvalue weighted by Crippen LogP contribution is 2.18. The molecule has 0 fully saturated rings. The molecule has 1 heterocycles. The van der Waals surface area contributed by atoms with Crippen molar-refractivity contribution in [2.24, 2.45) is 0 Å². The quantitative estimate of drug-likeness (QED) is 0.727. The van der Waals surface area contributed by atoms with Crippen molar-refractivity contribution >= 4 is 5.91 Å². The molecule has 5 heteroatoms. The third-order valence-corrected chi connectivity index (χ3v) is 4.09. The molecule has 2 N–H and O–H groups in total. The smallest absolute Gasteiger partial charge is 0.255 e. The first-order valence-electron chi connectivity index (χ1n) is 8.27. The van der Waals surface area contributed by atoms with Crippen molar-refractivity contribution in [3.05, 3.63) is 83.7 Å². The number of hydrogen-bond acceptors (Lipinski definition) is 3. The molecule has 1 amide bonds. The summed E-state index contributed by atoms with van der Waals surface area (Å²) in [6.45, 7) is 1.82. The standard InChI is InChI=1S/C20H21N3O2/c1-15-18(14-23(22-15)17-10-6-3-7-11-17)20(25)21-19(12-13-24)16-8-4-2-5-9-16/h2-11,14,19,24H,12-13H2,1H3,(H,21,25). The Hall–Kier alpha value is -2.92. The molecule has 0 aliphatic carbocycles. The fourth-order valence-corrected chi connectivity index (χ4v) is 2.77. The number of hydrogen-bond donors (Lipinski definition) is 2. The minimum Gasteiger partial charge on any atom is -0.396 e. The zero-order valence-corrected chi connectivity index (χ0v) is 14.1. The third-order valence-electron chi connectivity index (χ3n) is 4.09. The van der Waals surface area contributed by atoms with E-state index in [1.54, 1.807) is 10.9 Å². The van der Waals surface area contributed by atoms with Crippen LogP contribution in [0.1, 0.15) is 34.1 Å². The fourth-order valence-electron chi connectivity index (χ4n) is 2.77. The van der Waals surface area contributed by atoms with Gasteiger partial charge in [0.25, 0.3) is 5.91 Å². The number of para-hydroxylation sites is 1. The van der Waals surface area contributed by atoms with Crippen molar-refractivity contribution in [2.75, 3.05) is 6.61 Å². The topological polar surface area (TPSA) is 67.2 Å². The number of aromatic nitrogens is 2. The number of carbonyl (C=O) groups excluding carboxylic acids is 1. The van der Waals surface area contributed by atoms with Gasteiger partial charge >= 0.3 is 0 Å². The van der Waals surface area contributed by atoms with Crippen LogP contribution in [0.2, 0.25) is 0 Å². The lowest BCUT2D eigenvalue weighted by Gasteiger charge is -2.18. The van der Waals surface area contributed by atoms with Gasteiger partial charge in [-0.15, -0.1) is 0 Å². The summed E-state index contributed by atoms with van der Waals surface area (Å²) < 4.78 is 1.70. The highest BCUT2D eigenvalue weighted by Gasteiger charge is 2.19. The summed E-state index contributed by atoms with van der Waals surface area (Å²) in [5, 5.41) is 16.8. The molecule has 5 nitrogen and oxygen atoms in total. The molecule has 0 saturated heterocycles. The lowest BCUT2D eigenvalue weighted by atomic mass is 10.0. The molecule has 0 bridgehead atoms. The first-order valence-corrected chi connectivity index (χ1v) is 8.27. The van der Waals surface area contributed by atoms with Crippen molar-refractivity contribution in [1.29, 1.82) is 0 Å². The molecular weight excluding hydrogens is 314 g/mol. The maximum atomic E-state index is 12.7.